The van der Waals surface area contributed by atoms with Gasteiger partial charge in [0.1, 0.15) is 0 Å². The molecule has 0 spiro atoms. The van der Waals surface area contributed by atoms with Gasteiger partial charge in [-0.1, -0.05) is 0 Å². The summed E-state index contributed by atoms with van der Waals surface area (Å²) in [5.74, 6) is -0.0275. The van der Waals surface area contributed by atoms with Gasteiger partial charge in [0.25, 0.3) is 0 Å². The van der Waals surface area contributed by atoms with Crippen LogP contribution in [0.15, 0.2) is 0 Å². The molecule has 5 heteroatoms. The van der Waals surface area contributed by atoms with Gasteiger partial charge < -0.3 is 20.5 Å². The molecule has 0 aromatic heterocycles. The van der Waals surface area contributed by atoms with Gasteiger partial charge >= 0.3 is 0 Å². The summed E-state index contributed by atoms with van der Waals surface area (Å²) in [4.78, 5) is 0. The summed E-state index contributed by atoms with van der Waals surface area (Å²) >= 11 is 0. The van der Waals surface area contributed by atoms with Crippen molar-refractivity contribution in [3.63, 3.8) is 0 Å². The lowest BCUT2D eigenvalue weighted by atomic mass is 10.6. The van der Waals surface area contributed by atoms with Gasteiger partial charge in [-0.05, 0) is 0 Å². The number of rotatable bonds is 6. The summed E-state index contributed by atoms with van der Waals surface area (Å²) in [6, 6.07) is 0. The van der Waals surface area contributed by atoms with Gasteiger partial charge in [-0.15, -0.1) is 0 Å². The number of nitrogens with one attached hydrogen (secondary N) is 2. The Morgan fingerprint density at radius 3 is 2.73 bits per heavy atom. The highest BCUT2D eigenvalue weighted by Gasteiger charge is 1.88. The van der Waals surface area contributed by atoms with Gasteiger partial charge in [0.15, 0.2) is 5.96 Å². The van der Waals surface area contributed by atoms with Gasteiger partial charge in [0.05, 0.1) is 19.8 Å². The van der Waals surface area contributed by atoms with Crippen LogP contribution in [-0.4, -0.2) is 39.4 Å². The van der Waals surface area contributed by atoms with E-state index < -0.39 is 0 Å². The molecule has 0 aromatic carbocycles. The Kier molecular flexibility index (Phi) is 6.76. The van der Waals surface area contributed by atoms with Crippen molar-refractivity contribution in [2.75, 3.05) is 33.5 Å². The van der Waals surface area contributed by atoms with Crippen LogP contribution in [0.25, 0.3) is 0 Å². The van der Waals surface area contributed by atoms with Gasteiger partial charge in [0.2, 0.25) is 0 Å². The lowest BCUT2D eigenvalue weighted by Crippen LogP contribution is -2.33. The topological polar surface area (TPSA) is 80.4 Å². The largest absolute Gasteiger partial charge is 0.382 e. The lowest BCUT2D eigenvalue weighted by molar-refractivity contribution is 0.0733. The third-order valence-corrected chi connectivity index (χ3v) is 0.994. The molecule has 0 aliphatic carbocycles. The summed E-state index contributed by atoms with van der Waals surface area (Å²) in [6.45, 7) is 2.29. The van der Waals surface area contributed by atoms with E-state index >= 15 is 0 Å². The average molecular weight is 161 g/mol. The normalized spacial score (nSPS) is 9.55. The van der Waals surface area contributed by atoms with E-state index in [-0.39, 0.29) is 5.96 Å². The second kappa shape index (κ2) is 7.30. The Balaban J connectivity index is 2.85. The van der Waals surface area contributed by atoms with Gasteiger partial charge in [-0.3, -0.25) is 5.41 Å². The number of guanidine groups is 1. The average Bonchev–Trinajstić information content (AvgIpc) is 1.96. The van der Waals surface area contributed by atoms with Crippen molar-refractivity contribution in [3.8, 4) is 0 Å². The Morgan fingerprint density at radius 1 is 1.45 bits per heavy atom. The molecule has 4 N–H and O–H groups in total. The first-order valence-corrected chi connectivity index (χ1v) is 3.42. The van der Waals surface area contributed by atoms with Crippen molar-refractivity contribution in [2.24, 2.45) is 5.73 Å². The van der Waals surface area contributed by atoms with Crippen LogP contribution in [0.1, 0.15) is 0 Å². The van der Waals surface area contributed by atoms with E-state index in [4.69, 9.17) is 20.6 Å². The van der Waals surface area contributed by atoms with E-state index in [1.807, 2.05) is 0 Å². The van der Waals surface area contributed by atoms with E-state index in [1.54, 1.807) is 7.11 Å². The van der Waals surface area contributed by atoms with Crippen molar-refractivity contribution in [2.45, 2.75) is 0 Å². The second-order valence-corrected chi connectivity index (χ2v) is 1.95. The standard InChI is InChI=1S/C6H15N3O2/c1-10-4-5-11-3-2-9-6(7)8/h2-5H2,1H3,(H4,7,8,9). The van der Waals surface area contributed by atoms with Crippen molar-refractivity contribution >= 4 is 5.96 Å². The molecule has 66 valence electrons. The Morgan fingerprint density at radius 2 is 2.18 bits per heavy atom. The molecule has 0 aliphatic heterocycles. The van der Waals surface area contributed by atoms with Gasteiger partial charge in [-0.25, -0.2) is 0 Å². The van der Waals surface area contributed by atoms with Crippen LogP contribution in [0.3, 0.4) is 0 Å². The monoisotopic (exact) mass is 161 g/mol. The Hall–Kier alpha value is -0.810. The molecular formula is C6H15N3O2. The molecule has 0 saturated carbocycles. The number of hydrogen-bond donors (Lipinski definition) is 3. The Labute approximate surface area is 66.4 Å². The first kappa shape index (κ1) is 10.2. The summed E-state index contributed by atoms with van der Waals surface area (Å²) in [7, 11) is 1.62. The fourth-order valence-corrected chi connectivity index (χ4v) is 0.502. The van der Waals surface area contributed by atoms with E-state index in [0.717, 1.165) is 0 Å². The van der Waals surface area contributed by atoms with Crippen molar-refractivity contribution in [3.05, 3.63) is 0 Å². The van der Waals surface area contributed by atoms with E-state index in [9.17, 15) is 0 Å². The highest BCUT2D eigenvalue weighted by Crippen LogP contribution is 1.73. The maximum atomic E-state index is 6.80. The zero-order valence-electron chi connectivity index (χ0n) is 6.72. The quantitative estimate of drug-likeness (QED) is 0.269. The first-order valence-electron chi connectivity index (χ1n) is 3.42. The van der Waals surface area contributed by atoms with Crippen LogP contribution < -0.4 is 11.1 Å². The molecule has 0 aliphatic rings. The molecule has 0 unspecified atom stereocenters. The smallest absolute Gasteiger partial charge is 0.185 e. The highest BCUT2D eigenvalue weighted by atomic mass is 16.5. The minimum Gasteiger partial charge on any atom is -0.382 e. The number of ether oxygens (including phenoxy) is 2. The molecule has 0 saturated heterocycles. The highest BCUT2D eigenvalue weighted by molar-refractivity contribution is 5.74. The van der Waals surface area contributed by atoms with Crippen molar-refractivity contribution in [1.29, 1.82) is 5.41 Å². The minimum atomic E-state index is -0.0275. The summed E-state index contributed by atoms with van der Waals surface area (Å²) < 4.78 is 9.84. The third-order valence-electron chi connectivity index (χ3n) is 0.994. The molecule has 0 bridgehead atoms. The predicted molar refractivity (Wildman–Crippen MR) is 42.6 cm³/mol. The minimum absolute atomic E-state index is 0.0275. The maximum Gasteiger partial charge on any atom is 0.185 e. The molecule has 11 heavy (non-hydrogen) atoms. The van der Waals surface area contributed by atoms with Crippen LogP contribution in [0.5, 0.6) is 0 Å². The van der Waals surface area contributed by atoms with E-state index in [0.29, 0.717) is 26.4 Å². The molecule has 0 rings (SSSR count). The fourth-order valence-electron chi connectivity index (χ4n) is 0.502. The van der Waals surface area contributed by atoms with Crippen LogP contribution in [0.4, 0.5) is 0 Å². The first-order chi connectivity index (χ1) is 5.27. The fraction of sp³-hybridized carbons (Fsp3) is 0.833. The number of methoxy groups -OCH3 is 1. The van der Waals surface area contributed by atoms with Crippen LogP contribution >= 0.6 is 0 Å². The summed E-state index contributed by atoms with van der Waals surface area (Å²) in [6.07, 6.45) is 0. The molecule has 0 atom stereocenters. The van der Waals surface area contributed by atoms with Crippen LogP contribution in [0.2, 0.25) is 0 Å². The maximum absolute atomic E-state index is 6.80. The molecule has 0 aromatic rings. The SMILES string of the molecule is COCCOCCNC(=N)N. The van der Waals surface area contributed by atoms with Gasteiger partial charge in [0, 0.05) is 13.7 Å². The summed E-state index contributed by atoms with van der Waals surface area (Å²) in [5, 5.41) is 9.41. The number of nitrogens with two attached hydrogens (primary N) is 1. The zero-order valence-corrected chi connectivity index (χ0v) is 6.72. The molecule has 0 amide bonds. The second-order valence-electron chi connectivity index (χ2n) is 1.95. The van der Waals surface area contributed by atoms with Gasteiger partial charge in [-0.2, -0.15) is 0 Å². The number of hydrogen-bond acceptors (Lipinski definition) is 3. The molecule has 0 heterocycles. The third kappa shape index (κ3) is 9.19. The predicted octanol–water partition coefficient (Wildman–Crippen LogP) is -0.868. The van der Waals surface area contributed by atoms with E-state index in [1.165, 1.54) is 0 Å². The van der Waals surface area contributed by atoms with Crippen LogP contribution in [0, 0.1) is 5.41 Å². The molecule has 0 fully saturated rings. The van der Waals surface area contributed by atoms with E-state index in [2.05, 4.69) is 5.32 Å². The molecule has 0 radical (unpaired) electrons. The molecular weight excluding hydrogens is 146 g/mol. The lowest BCUT2D eigenvalue weighted by Gasteiger charge is -2.04. The van der Waals surface area contributed by atoms with Crippen molar-refractivity contribution < 1.29 is 9.47 Å². The Bertz CT molecular complexity index is 108. The zero-order chi connectivity index (χ0) is 8.53. The summed E-state index contributed by atoms with van der Waals surface area (Å²) in [5.41, 5.74) is 5.03. The van der Waals surface area contributed by atoms with Crippen LogP contribution in [-0.2, 0) is 9.47 Å². The van der Waals surface area contributed by atoms with Crippen molar-refractivity contribution in [1.82, 2.24) is 5.32 Å². The molecule has 5 nitrogen and oxygen atoms in total.